The Bertz CT molecular complexity index is 595. The quantitative estimate of drug-likeness (QED) is 0.656. The van der Waals surface area contributed by atoms with E-state index in [1.807, 2.05) is 22.9 Å². The second kappa shape index (κ2) is 7.90. The number of imidazole rings is 1. The molecule has 0 aliphatic rings. The number of hydrogen-bond acceptors (Lipinski definition) is 2. The Labute approximate surface area is 134 Å². The summed E-state index contributed by atoms with van der Waals surface area (Å²) < 4.78 is 2.00. The topological polar surface area (TPSA) is 54.2 Å². The van der Waals surface area contributed by atoms with Gasteiger partial charge in [-0.2, -0.15) is 0 Å². The second-order valence-electron chi connectivity index (χ2n) is 4.39. The summed E-state index contributed by atoms with van der Waals surface area (Å²) in [6.45, 7) is 2.16. The van der Waals surface area contributed by atoms with Gasteiger partial charge in [-0.05, 0) is 17.7 Å². The molecule has 0 saturated heterocycles. The largest absolute Gasteiger partial charge is 0.355 e. The van der Waals surface area contributed by atoms with E-state index < -0.39 is 0 Å². The number of rotatable bonds is 5. The maximum Gasteiger partial charge on any atom is 0.191 e. The molecule has 0 bridgehead atoms. The van der Waals surface area contributed by atoms with E-state index in [4.69, 9.17) is 23.2 Å². The lowest BCUT2D eigenvalue weighted by Gasteiger charge is -2.13. The van der Waals surface area contributed by atoms with Crippen molar-refractivity contribution in [3.63, 3.8) is 0 Å². The fourth-order valence-corrected chi connectivity index (χ4v) is 2.26. The highest BCUT2D eigenvalue weighted by Crippen LogP contribution is 2.20. The first-order valence-corrected chi connectivity index (χ1v) is 7.29. The molecule has 7 heteroatoms. The van der Waals surface area contributed by atoms with Gasteiger partial charge in [-0.25, -0.2) is 4.98 Å². The molecule has 1 heterocycles. The third kappa shape index (κ3) is 4.95. The Kier molecular flexibility index (Phi) is 5.90. The van der Waals surface area contributed by atoms with Crippen molar-refractivity contribution in [1.82, 2.24) is 20.2 Å². The van der Waals surface area contributed by atoms with Crippen LogP contribution in [0, 0.1) is 0 Å². The van der Waals surface area contributed by atoms with Gasteiger partial charge >= 0.3 is 0 Å². The van der Waals surface area contributed by atoms with Gasteiger partial charge in [0.05, 0.1) is 6.33 Å². The highest BCUT2D eigenvalue weighted by atomic mass is 35.5. The Morgan fingerprint density at radius 3 is 2.86 bits per heavy atom. The van der Waals surface area contributed by atoms with E-state index in [1.54, 1.807) is 25.6 Å². The van der Waals surface area contributed by atoms with Crippen LogP contribution in [-0.2, 0) is 13.1 Å². The van der Waals surface area contributed by atoms with E-state index >= 15 is 0 Å². The first-order chi connectivity index (χ1) is 10.2. The number of nitrogens with zero attached hydrogens (tertiary/aromatic N) is 3. The highest BCUT2D eigenvalue weighted by molar-refractivity contribution is 6.35. The van der Waals surface area contributed by atoms with Crippen molar-refractivity contribution in [1.29, 1.82) is 0 Å². The van der Waals surface area contributed by atoms with Gasteiger partial charge < -0.3 is 15.2 Å². The molecule has 0 atom stereocenters. The zero-order valence-electron chi connectivity index (χ0n) is 11.7. The molecule has 0 aliphatic heterocycles. The fourth-order valence-electron chi connectivity index (χ4n) is 1.79. The summed E-state index contributed by atoms with van der Waals surface area (Å²) in [6, 6.07) is 5.45. The third-order valence-corrected chi connectivity index (χ3v) is 3.49. The lowest BCUT2D eigenvalue weighted by atomic mass is 10.2. The first-order valence-electron chi connectivity index (χ1n) is 6.53. The van der Waals surface area contributed by atoms with Gasteiger partial charge in [0.15, 0.2) is 5.96 Å². The Morgan fingerprint density at radius 2 is 2.19 bits per heavy atom. The van der Waals surface area contributed by atoms with Gasteiger partial charge in [-0.1, -0.05) is 29.3 Å². The summed E-state index contributed by atoms with van der Waals surface area (Å²) in [5.41, 5.74) is 0.971. The monoisotopic (exact) mass is 325 g/mol. The molecule has 1 aromatic carbocycles. The molecule has 21 heavy (non-hydrogen) atoms. The maximum atomic E-state index is 6.13. The summed E-state index contributed by atoms with van der Waals surface area (Å²) in [5, 5.41) is 7.72. The first kappa shape index (κ1) is 15.7. The van der Waals surface area contributed by atoms with Crippen molar-refractivity contribution >= 4 is 29.2 Å². The molecule has 1 aromatic heterocycles. The highest BCUT2D eigenvalue weighted by Gasteiger charge is 2.03. The molecule has 2 aromatic rings. The molecule has 0 spiro atoms. The van der Waals surface area contributed by atoms with Gasteiger partial charge in [0.1, 0.15) is 0 Å². The van der Waals surface area contributed by atoms with Crippen molar-refractivity contribution in [2.24, 2.45) is 4.99 Å². The fraction of sp³-hybridized carbons (Fsp3) is 0.286. The number of halogens is 2. The number of benzene rings is 1. The van der Waals surface area contributed by atoms with E-state index in [9.17, 15) is 0 Å². The van der Waals surface area contributed by atoms with Crippen molar-refractivity contribution in [3.8, 4) is 0 Å². The average molecular weight is 326 g/mol. The van der Waals surface area contributed by atoms with Crippen LogP contribution in [0.5, 0.6) is 0 Å². The smallest absolute Gasteiger partial charge is 0.191 e. The van der Waals surface area contributed by atoms with Gasteiger partial charge in [0.2, 0.25) is 0 Å². The van der Waals surface area contributed by atoms with Crippen molar-refractivity contribution in [2.45, 2.75) is 13.1 Å². The minimum atomic E-state index is 0.584. The zero-order valence-corrected chi connectivity index (χ0v) is 13.2. The van der Waals surface area contributed by atoms with Crippen molar-refractivity contribution in [3.05, 3.63) is 52.5 Å². The lowest BCUT2D eigenvalue weighted by Crippen LogP contribution is -2.38. The van der Waals surface area contributed by atoms with Gasteiger partial charge in [-0.15, -0.1) is 0 Å². The normalized spacial score (nSPS) is 11.5. The van der Waals surface area contributed by atoms with E-state index in [-0.39, 0.29) is 0 Å². The molecule has 5 nitrogen and oxygen atoms in total. The number of hydrogen-bond donors (Lipinski definition) is 2. The molecule has 0 aliphatic carbocycles. The summed E-state index contributed by atoms with van der Waals surface area (Å²) in [5.74, 6) is 0.723. The van der Waals surface area contributed by atoms with Crippen LogP contribution >= 0.6 is 23.2 Å². The van der Waals surface area contributed by atoms with Gasteiger partial charge in [0, 0.05) is 49.1 Å². The van der Waals surface area contributed by atoms with Crippen molar-refractivity contribution < 1.29 is 0 Å². The van der Waals surface area contributed by atoms with E-state index in [0.717, 1.165) is 24.6 Å². The van der Waals surface area contributed by atoms with Crippen LogP contribution in [0.2, 0.25) is 10.0 Å². The summed E-state index contributed by atoms with van der Waals surface area (Å²) in [7, 11) is 1.73. The number of aromatic nitrogens is 2. The minimum Gasteiger partial charge on any atom is -0.355 e. The van der Waals surface area contributed by atoms with Gasteiger partial charge in [-0.3, -0.25) is 4.99 Å². The molecule has 2 N–H and O–H groups in total. The number of aliphatic imine (C=N–C) groups is 1. The average Bonchev–Trinajstić information content (AvgIpc) is 2.97. The van der Waals surface area contributed by atoms with Crippen LogP contribution in [-0.4, -0.2) is 29.1 Å². The maximum absolute atomic E-state index is 6.13. The van der Waals surface area contributed by atoms with Gasteiger partial charge in [0.25, 0.3) is 0 Å². The standard InChI is InChI=1S/C14H17Cl2N5/c1-17-14(19-5-7-21-6-4-18-10-21)20-9-11-2-3-12(15)8-13(11)16/h2-4,6,8,10H,5,7,9H2,1H3,(H2,17,19,20). The minimum absolute atomic E-state index is 0.584. The van der Waals surface area contributed by atoms with Crippen molar-refractivity contribution in [2.75, 3.05) is 13.6 Å². The molecule has 2 rings (SSSR count). The summed E-state index contributed by atoms with van der Waals surface area (Å²) in [6.07, 6.45) is 5.46. The molecular formula is C14H17Cl2N5. The van der Waals surface area contributed by atoms with Crippen LogP contribution in [0.3, 0.4) is 0 Å². The second-order valence-corrected chi connectivity index (χ2v) is 5.23. The predicted molar refractivity (Wildman–Crippen MR) is 86.9 cm³/mol. The SMILES string of the molecule is CN=C(NCCn1ccnc1)NCc1ccc(Cl)cc1Cl. The Morgan fingerprint density at radius 1 is 1.33 bits per heavy atom. The van der Waals surface area contributed by atoms with Crippen LogP contribution in [0.4, 0.5) is 0 Å². The lowest BCUT2D eigenvalue weighted by molar-refractivity contribution is 0.661. The Balaban J connectivity index is 1.79. The Hall–Kier alpha value is -1.72. The van der Waals surface area contributed by atoms with Crippen LogP contribution in [0.25, 0.3) is 0 Å². The zero-order chi connectivity index (χ0) is 15.1. The molecule has 112 valence electrons. The third-order valence-electron chi connectivity index (χ3n) is 2.91. The molecule has 0 fully saturated rings. The van der Waals surface area contributed by atoms with Crippen LogP contribution < -0.4 is 10.6 Å². The van der Waals surface area contributed by atoms with Crippen LogP contribution in [0.15, 0.2) is 41.9 Å². The molecule has 0 unspecified atom stereocenters. The number of guanidine groups is 1. The summed E-state index contributed by atoms with van der Waals surface area (Å²) >= 11 is 12.0. The molecule has 0 saturated carbocycles. The van der Waals surface area contributed by atoms with E-state index in [1.165, 1.54) is 0 Å². The van der Waals surface area contributed by atoms with E-state index in [2.05, 4.69) is 20.6 Å². The van der Waals surface area contributed by atoms with E-state index in [0.29, 0.717) is 16.6 Å². The predicted octanol–water partition coefficient (Wildman–Crippen LogP) is 2.56. The van der Waals surface area contributed by atoms with Crippen LogP contribution in [0.1, 0.15) is 5.56 Å². The molecule has 0 amide bonds. The molecular weight excluding hydrogens is 309 g/mol. The summed E-state index contributed by atoms with van der Waals surface area (Å²) in [4.78, 5) is 8.17. The molecule has 0 radical (unpaired) electrons. The number of nitrogens with one attached hydrogen (secondary N) is 2.